The predicted molar refractivity (Wildman–Crippen MR) is 89.8 cm³/mol. The van der Waals surface area contributed by atoms with E-state index in [4.69, 9.17) is 13.9 Å². The van der Waals surface area contributed by atoms with Crippen molar-refractivity contribution >= 4 is 20.3 Å². The lowest BCUT2D eigenvalue weighted by molar-refractivity contribution is -0.186. The van der Waals surface area contributed by atoms with Crippen LogP contribution in [0.5, 0.6) is 0 Å². The molecule has 0 radical (unpaired) electrons. The molecule has 0 aromatic rings. The molecule has 0 aliphatic heterocycles. The third-order valence-electron chi connectivity index (χ3n) is 4.94. The number of carbonyl (C=O) groups excluding carboxylic acids is 2. The molecule has 140 valence electrons. The SMILES string of the molecule is CC(=O)OC[C@@]1(O)[C@H](O)[C@@H](O[Si](C)(C)C(C)(C)C)C[C@H]1OC(C)=O. The molecule has 7 nitrogen and oxygen atoms in total. The molecule has 0 aromatic heterocycles. The van der Waals surface area contributed by atoms with Gasteiger partial charge < -0.3 is 24.1 Å². The summed E-state index contributed by atoms with van der Waals surface area (Å²) in [6.07, 6.45) is -2.88. The summed E-state index contributed by atoms with van der Waals surface area (Å²) in [4.78, 5) is 22.4. The maximum atomic E-state index is 11.3. The van der Waals surface area contributed by atoms with Crippen LogP contribution in [0.25, 0.3) is 0 Å². The Morgan fingerprint density at radius 3 is 2.17 bits per heavy atom. The zero-order chi connectivity index (χ0) is 18.9. The highest BCUT2D eigenvalue weighted by Crippen LogP contribution is 2.42. The fourth-order valence-corrected chi connectivity index (χ4v) is 3.81. The van der Waals surface area contributed by atoms with E-state index in [1.807, 2.05) is 13.1 Å². The number of rotatable bonds is 5. The van der Waals surface area contributed by atoms with Gasteiger partial charge in [-0.3, -0.25) is 9.59 Å². The van der Waals surface area contributed by atoms with Crippen molar-refractivity contribution in [3.63, 3.8) is 0 Å². The van der Waals surface area contributed by atoms with Gasteiger partial charge in [0.15, 0.2) is 13.9 Å². The summed E-state index contributed by atoms with van der Waals surface area (Å²) in [6, 6.07) is 0. The van der Waals surface area contributed by atoms with Crippen molar-refractivity contribution < 1.29 is 33.7 Å². The van der Waals surface area contributed by atoms with Crippen LogP contribution in [0.4, 0.5) is 0 Å². The zero-order valence-electron chi connectivity index (χ0n) is 15.6. The van der Waals surface area contributed by atoms with Crippen LogP contribution in [0, 0.1) is 0 Å². The Labute approximate surface area is 144 Å². The van der Waals surface area contributed by atoms with E-state index >= 15 is 0 Å². The van der Waals surface area contributed by atoms with Crippen molar-refractivity contribution in [2.75, 3.05) is 6.61 Å². The molecule has 1 aliphatic carbocycles. The van der Waals surface area contributed by atoms with Gasteiger partial charge in [0.05, 0.1) is 6.10 Å². The van der Waals surface area contributed by atoms with Gasteiger partial charge in [0.2, 0.25) is 0 Å². The van der Waals surface area contributed by atoms with Gasteiger partial charge in [0.25, 0.3) is 0 Å². The average molecular weight is 362 g/mol. The molecule has 24 heavy (non-hydrogen) atoms. The number of hydrogen-bond acceptors (Lipinski definition) is 7. The van der Waals surface area contributed by atoms with Crippen LogP contribution in [0.3, 0.4) is 0 Å². The lowest BCUT2D eigenvalue weighted by Crippen LogP contribution is -2.55. The molecule has 1 saturated carbocycles. The number of aliphatic hydroxyl groups excluding tert-OH is 1. The maximum absolute atomic E-state index is 11.3. The number of aliphatic hydroxyl groups is 2. The highest BCUT2D eigenvalue weighted by Gasteiger charge is 2.58. The van der Waals surface area contributed by atoms with Crippen molar-refractivity contribution in [1.29, 1.82) is 0 Å². The first-order chi connectivity index (χ1) is 10.7. The fourth-order valence-electron chi connectivity index (χ4n) is 2.47. The standard InChI is InChI=1S/C16H30O7Si/c1-10(17)21-9-16(20)13(22-11(2)18)8-12(14(16)19)23-24(6,7)15(3,4)5/h12-14,19-20H,8-9H2,1-7H3/t12-,13+,14+,16-/m0/s1. The fraction of sp³-hybridized carbons (Fsp3) is 0.875. The van der Waals surface area contributed by atoms with Crippen LogP contribution in [-0.2, 0) is 23.5 Å². The lowest BCUT2D eigenvalue weighted by atomic mass is 9.98. The van der Waals surface area contributed by atoms with E-state index in [1.165, 1.54) is 13.8 Å². The van der Waals surface area contributed by atoms with Gasteiger partial charge in [-0.2, -0.15) is 0 Å². The van der Waals surface area contributed by atoms with Crippen LogP contribution in [0.2, 0.25) is 18.1 Å². The molecule has 0 saturated heterocycles. The number of esters is 2. The van der Waals surface area contributed by atoms with Crippen molar-refractivity contribution in [2.24, 2.45) is 0 Å². The minimum Gasteiger partial charge on any atom is -0.463 e. The topological polar surface area (TPSA) is 102 Å². The first-order valence-corrected chi connectivity index (χ1v) is 11.0. The molecule has 1 fully saturated rings. The summed E-state index contributed by atoms with van der Waals surface area (Å²) in [7, 11) is -2.21. The second-order valence-electron chi connectivity index (χ2n) is 7.97. The summed E-state index contributed by atoms with van der Waals surface area (Å²) in [6.45, 7) is 12.2. The summed E-state index contributed by atoms with van der Waals surface area (Å²) in [5.74, 6) is -1.17. The monoisotopic (exact) mass is 362 g/mol. The smallest absolute Gasteiger partial charge is 0.303 e. The van der Waals surface area contributed by atoms with Gasteiger partial charge in [-0.15, -0.1) is 0 Å². The molecule has 0 amide bonds. The molecule has 1 rings (SSSR count). The van der Waals surface area contributed by atoms with Crippen molar-refractivity contribution in [3.05, 3.63) is 0 Å². The third kappa shape index (κ3) is 4.56. The molecule has 2 N–H and O–H groups in total. The first-order valence-electron chi connectivity index (χ1n) is 8.09. The Bertz CT molecular complexity index is 485. The Morgan fingerprint density at radius 2 is 1.75 bits per heavy atom. The van der Waals surface area contributed by atoms with Crippen molar-refractivity contribution in [1.82, 2.24) is 0 Å². The van der Waals surface area contributed by atoms with E-state index in [2.05, 4.69) is 20.8 Å². The third-order valence-corrected chi connectivity index (χ3v) is 9.44. The minimum atomic E-state index is -2.21. The molecule has 8 heteroatoms. The average Bonchev–Trinajstić information content (AvgIpc) is 2.60. The second-order valence-corrected chi connectivity index (χ2v) is 12.7. The van der Waals surface area contributed by atoms with Gasteiger partial charge >= 0.3 is 11.9 Å². The van der Waals surface area contributed by atoms with Crippen LogP contribution in [0.15, 0.2) is 0 Å². The van der Waals surface area contributed by atoms with Gasteiger partial charge in [-0.05, 0) is 18.1 Å². The largest absolute Gasteiger partial charge is 0.463 e. The predicted octanol–water partition coefficient (Wildman–Crippen LogP) is 1.37. The summed E-state index contributed by atoms with van der Waals surface area (Å²) >= 11 is 0. The van der Waals surface area contributed by atoms with Crippen LogP contribution >= 0.6 is 0 Å². The van der Waals surface area contributed by atoms with Crippen molar-refractivity contribution in [2.45, 2.75) is 83.1 Å². The minimum absolute atomic E-state index is 0.0831. The number of ether oxygens (including phenoxy) is 2. The van der Waals surface area contributed by atoms with Gasteiger partial charge in [-0.1, -0.05) is 20.8 Å². The summed E-state index contributed by atoms with van der Waals surface area (Å²) < 4.78 is 16.2. The van der Waals surface area contributed by atoms with E-state index in [-0.39, 0.29) is 11.5 Å². The molecular weight excluding hydrogens is 332 g/mol. The molecular formula is C16H30O7Si. The van der Waals surface area contributed by atoms with E-state index in [0.717, 1.165) is 0 Å². The van der Waals surface area contributed by atoms with E-state index in [9.17, 15) is 19.8 Å². The Hall–Kier alpha value is -0.963. The number of hydrogen-bond donors (Lipinski definition) is 2. The van der Waals surface area contributed by atoms with Crippen molar-refractivity contribution in [3.8, 4) is 0 Å². The van der Waals surface area contributed by atoms with Crippen LogP contribution in [-0.4, -0.2) is 61.0 Å². The molecule has 0 spiro atoms. The highest BCUT2D eigenvalue weighted by molar-refractivity contribution is 6.74. The van der Waals surface area contributed by atoms with Gasteiger partial charge in [-0.25, -0.2) is 0 Å². The Kier molecular flexibility index (Phi) is 6.24. The molecule has 0 heterocycles. The molecule has 0 unspecified atom stereocenters. The summed E-state index contributed by atoms with van der Waals surface area (Å²) in [5.41, 5.74) is -1.88. The van der Waals surface area contributed by atoms with Gasteiger partial charge in [0.1, 0.15) is 18.8 Å². The number of carbonyl (C=O) groups is 2. The molecule has 1 aliphatic rings. The molecule has 0 bridgehead atoms. The van der Waals surface area contributed by atoms with E-state index in [1.54, 1.807) is 0 Å². The quantitative estimate of drug-likeness (QED) is 0.562. The summed E-state index contributed by atoms with van der Waals surface area (Å²) in [5, 5.41) is 21.3. The highest BCUT2D eigenvalue weighted by atomic mass is 28.4. The Balaban J connectivity index is 3.02. The van der Waals surface area contributed by atoms with Gasteiger partial charge in [0, 0.05) is 20.3 Å². The maximum Gasteiger partial charge on any atom is 0.303 e. The zero-order valence-corrected chi connectivity index (χ0v) is 16.6. The second kappa shape index (κ2) is 7.11. The molecule has 4 atom stereocenters. The van der Waals surface area contributed by atoms with E-state index < -0.39 is 50.8 Å². The van der Waals surface area contributed by atoms with Crippen LogP contribution in [0.1, 0.15) is 41.0 Å². The van der Waals surface area contributed by atoms with E-state index in [0.29, 0.717) is 0 Å². The normalized spacial score (nSPS) is 31.0. The lowest BCUT2D eigenvalue weighted by Gasteiger charge is -2.39. The Morgan fingerprint density at radius 1 is 1.21 bits per heavy atom. The molecule has 0 aromatic carbocycles. The first kappa shape index (κ1) is 21.1. The van der Waals surface area contributed by atoms with Crippen LogP contribution < -0.4 is 0 Å².